The summed E-state index contributed by atoms with van der Waals surface area (Å²) in [5.74, 6) is -0.709. The van der Waals surface area contributed by atoms with Crippen LogP contribution in [0.4, 0.5) is 4.39 Å². The largest absolute Gasteiger partial charge is 0.491 e. The molecular formula is C18H18FNO4S3. The van der Waals surface area contributed by atoms with Gasteiger partial charge in [-0.3, -0.25) is 0 Å². The number of aliphatic hydroxyl groups excluding tert-OH is 1. The van der Waals surface area contributed by atoms with E-state index in [2.05, 4.69) is 4.72 Å². The molecule has 0 saturated heterocycles. The zero-order valence-electron chi connectivity index (χ0n) is 14.4. The quantitative estimate of drug-likeness (QED) is 0.572. The van der Waals surface area contributed by atoms with E-state index in [1.807, 2.05) is 16.8 Å². The number of rotatable bonds is 8. The molecule has 0 bridgehead atoms. The van der Waals surface area contributed by atoms with Crippen LogP contribution in [0.3, 0.4) is 0 Å². The number of hydrogen-bond donors (Lipinski definition) is 2. The molecule has 2 N–H and O–H groups in total. The summed E-state index contributed by atoms with van der Waals surface area (Å²) in [6.45, 7) is 2.06. The van der Waals surface area contributed by atoms with E-state index in [0.29, 0.717) is 6.61 Å². The Hall–Kier alpha value is -1.78. The molecule has 0 fully saturated rings. The Morgan fingerprint density at radius 1 is 1.26 bits per heavy atom. The average Bonchev–Trinajstić information content (AvgIpc) is 3.33. The first kappa shape index (κ1) is 20.0. The predicted molar refractivity (Wildman–Crippen MR) is 104 cm³/mol. The van der Waals surface area contributed by atoms with Crippen molar-refractivity contribution in [2.75, 3.05) is 6.61 Å². The first-order chi connectivity index (χ1) is 12.9. The molecule has 0 saturated carbocycles. The standard InChI is InChI=1S/C18H18FNO4S3/c1-2-24-16-5-4-14(9-15(16)19)27(22,23)20-10-13-3-6-17(26-13)18(21)12-7-8-25-11-12/h3-9,11,18,20-21H,2,10H2,1H3/t18-/m0/s1. The highest BCUT2D eigenvalue weighted by atomic mass is 32.2. The molecule has 0 spiro atoms. The predicted octanol–water partition coefficient (Wildman–Crippen LogP) is 3.91. The van der Waals surface area contributed by atoms with Gasteiger partial charge in [-0.1, -0.05) is 0 Å². The fraction of sp³-hybridized carbons (Fsp3) is 0.222. The van der Waals surface area contributed by atoms with Gasteiger partial charge in [-0.05, 0) is 59.6 Å². The van der Waals surface area contributed by atoms with E-state index >= 15 is 0 Å². The zero-order valence-corrected chi connectivity index (χ0v) is 16.8. The molecule has 27 heavy (non-hydrogen) atoms. The molecule has 0 radical (unpaired) electrons. The lowest BCUT2D eigenvalue weighted by atomic mass is 10.2. The Labute approximate surface area is 165 Å². The lowest BCUT2D eigenvalue weighted by molar-refractivity contribution is 0.224. The molecule has 2 heterocycles. The van der Waals surface area contributed by atoms with Crippen LogP contribution in [0.25, 0.3) is 0 Å². The highest BCUT2D eigenvalue weighted by Gasteiger charge is 2.18. The molecule has 2 aromatic heterocycles. The molecule has 0 amide bonds. The van der Waals surface area contributed by atoms with Crippen molar-refractivity contribution in [3.05, 3.63) is 68.3 Å². The Morgan fingerprint density at radius 3 is 2.74 bits per heavy atom. The normalized spacial score (nSPS) is 12.9. The lowest BCUT2D eigenvalue weighted by Crippen LogP contribution is -2.23. The molecule has 1 aromatic carbocycles. The van der Waals surface area contributed by atoms with Gasteiger partial charge in [0, 0.05) is 16.3 Å². The van der Waals surface area contributed by atoms with Gasteiger partial charge in [0.15, 0.2) is 11.6 Å². The maximum absolute atomic E-state index is 13.9. The SMILES string of the molecule is CCOc1ccc(S(=O)(=O)NCc2ccc([C@@H](O)c3ccsc3)s2)cc1F. The van der Waals surface area contributed by atoms with Gasteiger partial charge in [0.25, 0.3) is 0 Å². The van der Waals surface area contributed by atoms with Crippen LogP contribution >= 0.6 is 22.7 Å². The first-order valence-corrected chi connectivity index (χ1v) is 11.4. The van der Waals surface area contributed by atoms with Gasteiger partial charge in [0.1, 0.15) is 6.10 Å². The third kappa shape index (κ3) is 4.74. The Bertz CT molecular complexity index is 1000. The van der Waals surface area contributed by atoms with Gasteiger partial charge >= 0.3 is 0 Å². The van der Waals surface area contributed by atoms with Crippen molar-refractivity contribution in [2.24, 2.45) is 0 Å². The highest BCUT2D eigenvalue weighted by Crippen LogP contribution is 2.30. The Morgan fingerprint density at radius 2 is 2.07 bits per heavy atom. The van der Waals surface area contributed by atoms with Crippen LogP contribution in [-0.2, 0) is 16.6 Å². The number of ether oxygens (including phenoxy) is 1. The lowest BCUT2D eigenvalue weighted by Gasteiger charge is -2.09. The minimum atomic E-state index is -3.87. The number of hydrogen-bond acceptors (Lipinski definition) is 6. The summed E-state index contributed by atoms with van der Waals surface area (Å²) >= 11 is 2.82. The zero-order chi connectivity index (χ0) is 19.4. The van der Waals surface area contributed by atoms with E-state index in [-0.39, 0.29) is 17.2 Å². The molecule has 144 valence electrons. The molecule has 5 nitrogen and oxygen atoms in total. The average molecular weight is 428 g/mol. The van der Waals surface area contributed by atoms with Crippen molar-refractivity contribution in [3.8, 4) is 5.75 Å². The molecule has 0 aliphatic heterocycles. The molecule has 3 rings (SSSR count). The smallest absolute Gasteiger partial charge is 0.241 e. The van der Waals surface area contributed by atoms with Gasteiger partial charge in [0.05, 0.1) is 11.5 Å². The van der Waals surface area contributed by atoms with Gasteiger partial charge < -0.3 is 9.84 Å². The third-order valence-corrected chi connectivity index (χ3v) is 7.00. The van der Waals surface area contributed by atoms with Gasteiger partial charge in [0.2, 0.25) is 10.0 Å². The molecule has 3 aromatic rings. The molecule has 0 unspecified atom stereocenters. The highest BCUT2D eigenvalue weighted by molar-refractivity contribution is 7.89. The molecule has 0 aliphatic rings. The number of halogens is 1. The maximum atomic E-state index is 13.9. The summed E-state index contributed by atoms with van der Waals surface area (Å²) in [5.41, 5.74) is 0.804. The van der Waals surface area contributed by atoms with Crippen molar-refractivity contribution >= 4 is 32.7 Å². The van der Waals surface area contributed by atoms with Gasteiger partial charge in [-0.25, -0.2) is 17.5 Å². The van der Waals surface area contributed by atoms with Crippen LogP contribution in [0, 0.1) is 5.82 Å². The topological polar surface area (TPSA) is 75.6 Å². The van der Waals surface area contributed by atoms with E-state index in [9.17, 15) is 17.9 Å². The van der Waals surface area contributed by atoms with Crippen LogP contribution < -0.4 is 9.46 Å². The summed E-state index contributed by atoms with van der Waals surface area (Å²) in [7, 11) is -3.87. The summed E-state index contributed by atoms with van der Waals surface area (Å²) in [4.78, 5) is 1.31. The Balaban J connectivity index is 1.68. The van der Waals surface area contributed by atoms with E-state index in [0.717, 1.165) is 21.4 Å². The summed E-state index contributed by atoms with van der Waals surface area (Å²) in [6, 6.07) is 8.92. The van der Waals surface area contributed by atoms with E-state index < -0.39 is 21.9 Å². The van der Waals surface area contributed by atoms with Crippen molar-refractivity contribution in [2.45, 2.75) is 24.5 Å². The van der Waals surface area contributed by atoms with E-state index in [4.69, 9.17) is 4.74 Å². The van der Waals surface area contributed by atoms with Crippen LogP contribution in [0.1, 0.15) is 28.3 Å². The summed E-state index contributed by atoms with van der Waals surface area (Å²) in [5, 5.41) is 14.1. The van der Waals surface area contributed by atoms with Crippen molar-refractivity contribution in [1.29, 1.82) is 0 Å². The van der Waals surface area contributed by atoms with Crippen LogP contribution in [0.2, 0.25) is 0 Å². The third-order valence-electron chi connectivity index (χ3n) is 3.76. The monoisotopic (exact) mass is 427 g/mol. The maximum Gasteiger partial charge on any atom is 0.241 e. The van der Waals surface area contributed by atoms with Crippen LogP contribution in [0.15, 0.2) is 52.1 Å². The summed E-state index contributed by atoms with van der Waals surface area (Å²) in [6.07, 6.45) is -0.730. The minimum Gasteiger partial charge on any atom is -0.491 e. The second-order valence-electron chi connectivity index (χ2n) is 5.61. The molecule has 0 aliphatic carbocycles. The Kier molecular flexibility index (Phi) is 6.28. The molecular weight excluding hydrogens is 409 g/mol. The number of sulfonamides is 1. The van der Waals surface area contributed by atoms with Crippen molar-refractivity contribution in [3.63, 3.8) is 0 Å². The van der Waals surface area contributed by atoms with Gasteiger partial charge in [-0.2, -0.15) is 11.3 Å². The second-order valence-corrected chi connectivity index (χ2v) is 9.36. The van der Waals surface area contributed by atoms with Crippen LogP contribution in [-0.4, -0.2) is 20.1 Å². The van der Waals surface area contributed by atoms with E-state index in [1.54, 1.807) is 19.1 Å². The second kappa shape index (κ2) is 8.49. The number of aliphatic hydroxyl groups is 1. The molecule has 1 atom stereocenters. The summed E-state index contributed by atoms with van der Waals surface area (Å²) < 4.78 is 46.2. The number of thiophene rings is 2. The van der Waals surface area contributed by atoms with Crippen LogP contribution in [0.5, 0.6) is 5.75 Å². The fourth-order valence-corrected chi connectivity index (χ4v) is 5.16. The van der Waals surface area contributed by atoms with Gasteiger partial charge in [-0.15, -0.1) is 11.3 Å². The van der Waals surface area contributed by atoms with Crippen molar-refractivity contribution in [1.82, 2.24) is 4.72 Å². The minimum absolute atomic E-state index is 0.0155. The first-order valence-electron chi connectivity index (χ1n) is 8.11. The number of nitrogens with one attached hydrogen (secondary N) is 1. The number of benzene rings is 1. The van der Waals surface area contributed by atoms with E-state index in [1.165, 1.54) is 34.8 Å². The fourth-order valence-electron chi connectivity index (χ4n) is 2.40. The van der Waals surface area contributed by atoms with Crippen molar-refractivity contribution < 1.29 is 22.7 Å². The molecule has 9 heteroatoms.